The number of carbonyl (C=O) groups excluding carboxylic acids is 3. The van der Waals surface area contributed by atoms with E-state index < -0.39 is 11.7 Å². The van der Waals surface area contributed by atoms with E-state index in [1.165, 1.54) is 23.1 Å². The second-order valence-electron chi connectivity index (χ2n) is 13.6. The van der Waals surface area contributed by atoms with Gasteiger partial charge in [-0.2, -0.15) is 8.75 Å². The molecule has 0 aliphatic carbocycles. The summed E-state index contributed by atoms with van der Waals surface area (Å²) in [7, 11) is 0. The number of hydrogen-bond acceptors (Lipinski definition) is 11. The van der Waals surface area contributed by atoms with Gasteiger partial charge in [-0.1, -0.05) is 60.7 Å². The van der Waals surface area contributed by atoms with Gasteiger partial charge in [0.25, 0.3) is 0 Å². The van der Waals surface area contributed by atoms with Gasteiger partial charge < -0.3 is 10.5 Å². The maximum Gasteiger partial charge on any atom is 0.412 e. The lowest BCUT2D eigenvalue weighted by Crippen LogP contribution is -2.38. The molecule has 2 aromatic heterocycles. The Labute approximate surface area is 297 Å². The molecule has 4 aromatic rings. The maximum absolute atomic E-state index is 12.5. The highest BCUT2D eigenvalue weighted by molar-refractivity contribution is 7.10. The molecule has 1 amide bonds. The van der Waals surface area contributed by atoms with Crippen molar-refractivity contribution in [2.24, 2.45) is 0 Å². The van der Waals surface area contributed by atoms with Gasteiger partial charge in [0.15, 0.2) is 11.6 Å². The first kappa shape index (κ1) is 36.3. The van der Waals surface area contributed by atoms with E-state index in [-0.39, 0.29) is 17.5 Å². The Morgan fingerprint density at radius 1 is 0.796 bits per heavy atom. The number of amides is 1. The molecule has 3 N–H and O–H groups in total. The molecule has 2 aliphatic heterocycles. The molecule has 2 unspecified atom stereocenters. The van der Waals surface area contributed by atoms with E-state index in [1.54, 1.807) is 0 Å². The predicted octanol–water partition coefficient (Wildman–Crippen LogP) is 7.34. The van der Waals surface area contributed by atoms with Crippen LogP contribution in [0.15, 0.2) is 73.1 Å². The minimum Gasteiger partial charge on any atom is -0.444 e. The summed E-state index contributed by atoms with van der Waals surface area (Å²) in [4.78, 5) is 41.4. The number of hydrogen-bond donors (Lipinski definition) is 2. The van der Waals surface area contributed by atoms with Crippen molar-refractivity contribution in [2.45, 2.75) is 63.9 Å². The summed E-state index contributed by atoms with van der Waals surface area (Å²) in [6.07, 6.45) is 7.48. The van der Waals surface area contributed by atoms with Gasteiger partial charge in [-0.05, 0) is 82.6 Å². The highest BCUT2D eigenvalue weighted by Gasteiger charge is 2.28. The van der Waals surface area contributed by atoms with E-state index in [4.69, 9.17) is 10.5 Å². The number of aromatic nitrogens is 2. The SMILES string of the molecule is CC(C)(C)OC(=O)Nc1sncc1C1CCCN(CC(=O)c2ccccc2)C1.Nc1sncc1C1CCCN(CC(=O)c2ccccc2)C1. The van der Waals surface area contributed by atoms with E-state index in [2.05, 4.69) is 23.9 Å². The normalized spacial score (nSPS) is 18.6. The summed E-state index contributed by atoms with van der Waals surface area (Å²) in [5, 5.41) is 4.38. The number of ether oxygens (including phenoxy) is 1. The third-order valence-electron chi connectivity index (χ3n) is 8.66. The van der Waals surface area contributed by atoms with Crippen molar-refractivity contribution in [1.29, 1.82) is 0 Å². The number of benzene rings is 2. The fourth-order valence-electron chi connectivity index (χ4n) is 6.33. The quantitative estimate of drug-likeness (QED) is 0.172. The van der Waals surface area contributed by atoms with Crippen molar-refractivity contribution in [2.75, 3.05) is 50.3 Å². The van der Waals surface area contributed by atoms with Gasteiger partial charge in [-0.15, -0.1) is 0 Å². The summed E-state index contributed by atoms with van der Waals surface area (Å²) < 4.78 is 13.8. The fourth-order valence-corrected chi connectivity index (χ4v) is 7.66. The molecule has 2 aromatic carbocycles. The number of Topliss-reactive ketones (excluding diaryl/α,β-unsaturated/α-hetero) is 2. The van der Waals surface area contributed by atoms with Crippen molar-refractivity contribution in [3.63, 3.8) is 0 Å². The zero-order chi connectivity index (χ0) is 34.8. The van der Waals surface area contributed by atoms with Crippen molar-refractivity contribution in [1.82, 2.24) is 18.5 Å². The lowest BCUT2D eigenvalue weighted by Gasteiger charge is -2.32. The van der Waals surface area contributed by atoms with Crippen LogP contribution in [0.4, 0.5) is 14.8 Å². The van der Waals surface area contributed by atoms with E-state index in [0.717, 1.165) is 84.1 Å². The second-order valence-corrected chi connectivity index (χ2v) is 15.2. The van der Waals surface area contributed by atoms with E-state index in [0.29, 0.717) is 19.0 Å². The van der Waals surface area contributed by atoms with Crippen LogP contribution in [0.2, 0.25) is 0 Å². The molecule has 6 rings (SSSR count). The number of piperidine rings is 2. The van der Waals surface area contributed by atoms with E-state index in [9.17, 15) is 14.4 Å². The molecule has 0 spiro atoms. The van der Waals surface area contributed by atoms with Crippen LogP contribution in [0.1, 0.15) is 90.1 Å². The highest BCUT2D eigenvalue weighted by atomic mass is 32.1. The highest BCUT2D eigenvalue weighted by Crippen LogP contribution is 2.35. The van der Waals surface area contributed by atoms with Crippen LogP contribution in [-0.2, 0) is 4.74 Å². The lowest BCUT2D eigenvalue weighted by atomic mass is 9.92. The molecule has 4 heterocycles. The minimum atomic E-state index is -0.547. The van der Waals surface area contributed by atoms with Crippen LogP contribution >= 0.6 is 23.1 Å². The Kier molecular flexibility index (Phi) is 12.7. The molecule has 10 nitrogen and oxygen atoms in total. The molecule has 0 bridgehead atoms. The number of likely N-dealkylation sites (tertiary alicyclic amines) is 2. The summed E-state index contributed by atoms with van der Waals surface area (Å²) in [6.45, 7) is 9.95. The largest absolute Gasteiger partial charge is 0.444 e. The molecule has 260 valence electrons. The number of rotatable bonds is 9. The summed E-state index contributed by atoms with van der Waals surface area (Å²) in [6, 6.07) is 18.9. The average Bonchev–Trinajstić information content (AvgIpc) is 3.74. The summed E-state index contributed by atoms with van der Waals surface area (Å²) in [5.41, 5.74) is 9.14. The Morgan fingerprint density at radius 3 is 1.78 bits per heavy atom. The molecule has 2 fully saturated rings. The number of carbonyl (C=O) groups is 3. The smallest absolute Gasteiger partial charge is 0.412 e. The first-order valence-corrected chi connectivity index (χ1v) is 18.4. The zero-order valence-corrected chi connectivity index (χ0v) is 30.1. The Morgan fingerprint density at radius 2 is 1.29 bits per heavy atom. The van der Waals surface area contributed by atoms with Crippen LogP contribution in [0.25, 0.3) is 0 Å². The van der Waals surface area contributed by atoms with Gasteiger partial charge >= 0.3 is 6.09 Å². The minimum absolute atomic E-state index is 0.136. The molecule has 2 aliphatic rings. The summed E-state index contributed by atoms with van der Waals surface area (Å²) >= 11 is 2.61. The molecule has 49 heavy (non-hydrogen) atoms. The van der Waals surface area contributed by atoms with Gasteiger partial charge in [0, 0.05) is 59.6 Å². The average molecular weight is 703 g/mol. The predicted molar refractivity (Wildman–Crippen MR) is 197 cm³/mol. The molecular weight excluding hydrogens is 657 g/mol. The number of nitrogens with one attached hydrogen (secondary N) is 1. The third-order valence-corrected chi connectivity index (χ3v) is 10.0. The lowest BCUT2D eigenvalue weighted by molar-refractivity contribution is 0.0635. The number of nitrogen functional groups attached to an aromatic ring is 1. The van der Waals surface area contributed by atoms with Crippen LogP contribution in [0.5, 0.6) is 0 Å². The van der Waals surface area contributed by atoms with Crippen LogP contribution in [0, 0.1) is 0 Å². The van der Waals surface area contributed by atoms with Gasteiger partial charge in [0.2, 0.25) is 0 Å². The molecule has 0 saturated carbocycles. The first-order valence-electron chi connectivity index (χ1n) is 16.8. The van der Waals surface area contributed by atoms with Crippen LogP contribution in [0.3, 0.4) is 0 Å². The molecular formula is C37H46N6O4S2. The van der Waals surface area contributed by atoms with Crippen LogP contribution in [-0.4, -0.2) is 81.1 Å². The van der Waals surface area contributed by atoms with Gasteiger partial charge in [0.1, 0.15) is 15.6 Å². The second kappa shape index (κ2) is 17.1. The van der Waals surface area contributed by atoms with E-state index in [1.807, 2.05) is 93.8 Å². The van der Waals surface area contributed by atoms with Crippen molar-refractivity contribution in [3.8, 4) is 0 Å². The van der Waals surface area contributed by atoms with E-state index >= 15 is 0 Å². The Hall–Kier alpha value is -3.97. The number of nitrogens with two attached hydrogens (primary N) is 1. The Bertz CT molecular complexity index is 1670. The number of nitrogens with zero attached hydrogens (tertiary/aromatic N) is 4. The monoisotopic (exact) mass is 702 g/mol. The number of ketones is 2. The van der Waals surface area contributed by atoms with Gasteiger partial charge in [-0.25, -0.2) is 4.79 Å². The fraction of sp³-hybridized carbons (Fsp3) is 0.432. The number of anilines is 2. The van der Waals surface area contributed by atoms with Crippen LogP contribution < -0.4 is 11.1 Å². The van der Waals surface area contributed by atoms with Crippen molar-refractivity contribution >= 4 is 50.7 Å². The molecule has 2 saturated heterocycles. The molecule has 12 heteroatoms. The van der Waals surface area contributed by atoms with Crippen molar-refractivity contribution in [3.05, 3.63) is 95.3 Å². The van der Waals surface area contributed by atoms with Gasteiger partial charge in [0.05, 0.1) is 13.1 Å². The third kappa shape index (κ3) is 10.8. The van der Waals surface area contributed by atoms with Crippen molar-refractivity contribution < 1.29 is 19.1 Å². The Balaban J connectivity index is 0.000000199. The standard InChI is InChI=1S/C21H27N3O3S.C16H19N3OS/c1-21(2,3)27-20(26)23-19-17(12-22-28-19)16-10-7-11-24(13-16)14-18(25)15-8-5-4-6-9-15;17-16-14(9-18-21-16)13-7-4-8-19(10-13)11-15(20)12-5-2-1-3-6-12/h4-6,8-9,12,16H,7,10-11,13-14H2,1-3H3,(H,23,26);1-3,5-6,9,13H,4,7-8,10-11,17H2. The zero-order valence-electron chi connectivity index (χ0n) is 28.5. The maximum atomic E-state index is 12.5. The summed E-state index contributed by atoms with van der Waals surface area (Å²) in [5.74, 6) is 0.964. The first-order chi connectivity index (χ1) is 23.6. The molecule has 2 atom stereocenters. The molecule has 0 radical (unpaired) electrons. The van der Waals surface area contributed by atoms with Gasteiger partial charge in [-0.3, -0.25) is 24.7 Å². The topological polar surface area (TPSA) is 131 Å².